The largest absolute Gasteiger partial charge is 0.497 e. The lowest BCUT2D eigenvalue weighted by Crippen LogP contribution is -2.83. The van der Waals surface area contributed by atoms with Crippen LogP contribution in [0.5, 0.6) is 5.75 Å². The molecule has 7 rings (SSSR count). The normalized spacial score (nSPS) is 33.2. The van der Waals surface area contributed by atoms with E-state index < -0.39 is 0 Å². The average Bonchev–Trinajstić information content (AvgIpc) is 3.61. The summed E-state index contributed by atoms with van der Waals surface area (Å²) in [6.45, 7) is 5.06. The van der Waals surface area contributed by atoms with Gasteiger partial charge in [0.25, 0.3) is 5.91 Å². The number of methoxy groups -OCH3 is 1. The highest BCUT2D eigenvalue weighted by atomic mass is 16.5. The van der Waals surface area contributed by atoms with Crippen molar-refractivity contribution in [3.8, 4) is 5.75 Å². The molecule has 37 heavy (non-hydrogen) atoms. The summed E-state index contributed by atoms with van der Waals surface area (Å²) >= 11 is 0. The molecule has 5 aliphatic rings. The molecule has 3 aliphatic carbocycles. The molecule has 0 bridgehead atoms. The van der Waals surface area contributed by atoms with Gasteiger partial charge in [-0.25, -0.2) is 0 Å². The maximum absolute atomic E-state index is 12.9. The number of amides is 1. The van der Waals surface area contributed by atoms with Crippen molar-refractivity contribution in [3.63, 3.8) is 0 Å². The minimum Gasteiger partial charge on any atom is -0.497 e. The van der Waals surface area contributed by atoms with Gasteiger partial charge in [0.2, 0.25) is 0 Å². The second-order valence-electron chi connectivity index (χ2n) is 11.9. The van der Waals surface area contributed by atoms with Crippen LogP contribution in [-0.4, -0.2) is 59.6 Å². The summed E-state index contributed by atoms with van der Waals surface area (Å²) in [4.78, 5) is 18.5. The number of nitrogens with zero attached hydrogens (tertiary/aromatic N) is 2. The van der Waals surface area contributed by atoms with Crippen LogP contribution in [-0.2, 0) is 0 Å². The first kappa shape index (κ1) is 23.5. The molecule has 1 spiro atoms. The van der Waals surface area contributed by atoms with Crippen LogP contribution in [0.2, 0.25) is 0 Å². The zero-order valence-electron chi connectivity index (χ0n) is 21.9. The maximum Gasteiger partial charge on any atom is 0.251 e. The summed E-state index contributed by atoms with van der Waals surface area (Å²) in [5, 5.41) is 3.24. The number of ether oxygens (including phenoxy) is 1. The van der Waals surface area contributed by atoms with E-state index in [1.807, 2.05) is 18.2 Å². The quantitative estimate of drug-likeness (QED) is 0.501. The molecule has 2 aromatic rings. The van der Waals surface area contributed by atoms with Crippen molar-refractivity contribution in [1.82, 2.24) is 15.1 Å². The van der Waals surface area contributed by atoms with Gasteiger partial charge in [-0.05, 0) is 73.9 Å². The molecule has 0 radical (unpaired) electrons. The molecule has 0 aromatic heterocycles. The Morgan fingerprint density at radius 1 is 1.00 bits per heavy atom. The first-order valence-corrected chi connectivity index (χ1v) is 14.4. The molecule has 194 valence electrons. The zero-order valence-corrected chi connectivity index (χ0v) is 21.9. The van der Waals surface area contributed by atoms with Crippen molar-refractivity contribution in [2.75, 3.05) is 13.7 Å². The van der Waals surface area contributed by atoms with E-state index in [1.165, 1.54) is 49.7 Å². The van der Waals surface area contributed by atoms with Crippen molar-refractivity contribution in [1.29, 1.82) is 0 Å². The third-order valence-corrected chi connectivity index (χ3v) is 10.5. The first-order chi connectivity index (χ1) is 18.2. The number of benzene rings is 2. The Labute approximate surface area is 220 Å². The Bertz CT molecular complexity index is 1160. The van der Waals surface area contributed by atoms with Crippen molar-refractivity contribution in [2.45, 2.75) is 87.6 Å². The molecule has 2 aromatic carbocycles. The summed E-state index contributed by atoms with van der Waals surface area (Å²) in [6, 6.07) is 20.3. The molecule has 2 heterocycles. The molecule has 2 saturated heterocycles. The molecule has 1 amide bonds. The summed E-state index contributed by atoms with van der Waals surface area (Å²) in [5.74, 6) is 0.966. The molecule has 1 N–H and O–H groups in total. The highest BCUT2D eigenvalue weighted by molar-refractivity contribution is 5.94. The van der Waals surface area contributed by atoms with Gasteiger partial charge in [0.15, 0.2) is 0 Å². The minimum atomic E-state index is 0.0633. The fourth-order valence-electron chi connectivity index (χ4n) is 9.22. The highest BCUT2D eigenvalue weighted by Crippen LogP contribution is 2.72. The van der Waals surface area contributed by atoms with Crippen molar-refractivity contribution in [3.05, 3.63) is 77.9 Å². The third kappa shape index (κ3) is 3.33. The smallest absolute Gasteiger partial charge is 0.251 e. The molecule has 5 atom stereocenters. The Balaban J connectivity index is 1.20. The summed E-state index contributed by atoms with van der Waals surface area (Å²) in [6.07, 6.45) is 11.9. The van der Waals surface area contributed by atoms with Gasteiger partial charge in [-0.3, -0.25) is 14.6 Å². The number of hydrogen-bond donors (Lipinski definition) is 1. The standard InChI is InChI=1S/C32H39N3O2/c1-3-19-34-26-15-17-28-32(26)27(34)16-18-29(32)35(28)30(23-7-6-10-25(20-23)37-2)21-11-13-22(14-12-21)31(36)33-24-8-4-5-9-24/h3,6-7,10-14,20,24,26-30H,1,4-5,8-9,15-19H2,2H3,(H,33,36). The molecule has 5 heteroatoms. The van der Waals surface area contributed by atoms with E-state index in [9.17, 15) is 4.79 Å². The lowest BCUT2D eigenvalue weighted by atomic mass is 9.56. The number of likely N-dealkylation sites (tertiary alicyclic amines) is 2. The van der Waals surface area contributed by atoms with Gasteiger partial charge in [-0.15, -0.1) is 6.58 Å². The maximum atomic E-state index is 12.9. The topological polar surface area (TPSA) is 44.8 Å². The van der Waals surface area contributed by atoms with E-state index in [0.29, 0.717) is 23.5 Å². The third-order valence-electron chi connectivity index (χ3n) is 10.5. The minimum absolute atomic E-state index is 0.0633. The molecule has 2 aliphatic heterocycles. The predicted octanol–water partition coefficient (Wildman–Crippen LogP) is 5.32. The summed E-state index contributed by atoms with van der Waals surface area (Å²) in [7, 11) is 1.75. The second kappa shape index (κ2) is 8.99. The van der Waals surface area contributed by atoms with Gasteiger partial charge in [0, 0.05) is 47.7 Å². The van der Waals surface area contributed by atoms with Crippen LogP contribution < -0.4 is 10.1 Å². The van der Waals surface area contributed by atoms with Crippen LogP contribution in [0.15, 0.2) is 61.2 Å². The predicted molar refractivity (Wildman–Crippen MR) is 146 cm³/mol. The zero-order chi connectivity index (χ0) is 25.1. The Morgan fingerprint density at radius 3 is 2.32 bits per heavy atom. The van der Waals surface area contributed by atoms with E-state index in [-0.39, 0.29) is 11.9 Å². The molecule has 5 unspecified atom stereocenters. The Hall–Kier alpha value is -2.63. The number of rotatable bonds is 8. The Kier molecular flexibility index (Phi) is 5.71. The lowest BCUT2D eigenvalue weighted by molar-refractivity contribution is -0.235. The van der Waals surface area contributed by atoms with Gasteiger partial charge in [0.1, 0.15) is 5.75 Å². The van der Waals surface area contributed by atoms with Crippen molar-refractivity contribution in [2.24, 2.45) is 5.41 Å². The van der Waals surface area contributed by atoms with Crippen LogP contribution in [0.4, 0.5) is 0 Å². The molecular weight excluding hydrogens is 458 g/mol. The van der Waals surface area contributed by atoms with Crippen LogP contribution in [0, 0.1) is 5.41 Å². The summed E-state index contributed by atoms with van der Waals surface area (Å²) < 4.78 is 5.64. The molecule has 5 nitrogen and oxygen atoms in total. The molecule has 3 saturated carbocycles. The van der Waals surface area contributed by atoms with Crippen molar-refractivity contribution < 1.29 is 9.53 Å². The van der Waals surface area contributed by atoms with E-state index in [4.69, 9.17) is 4.74 Å². The molecule has 5 fully saturated rings. The van der Waals surface area contributed by atoms with E-state index in [1.54, 1.807) is 7.11 Å². The lowest BCUT2D eigenvalue weighted by Gasteiger charge is -2.72. The SMILES string of the molecule is C=CCN1C2CCC3N(C(c4ccc(C(=O)NC5CCCC5)cc4)c4cccc(OC)c4)C4CCC1C234. The van der Waals surface area contributed by atoms with Gasteiger partial charge in [-0.1, -0.05) is 43.2 Å². The van der Waals surface area contributed by atoms with E-state index in [0.717, 1.165) is 42.8 Å². The highest BCUT2D eigenvalue weighted by Gasteiger charge is 2.80. The average molecular weight is 498 g/mol. The number of carbonyl (C=O) groups excluding carboxylic acids is 1. The number of carbonyl (C=O) groups is 1. The Morgan fingerprint density at radius 2 is 1.68 bits per heavy atom. The summed E-state index contributed by atoms with van der Waals surface area (Å²) in [5.41, 5.74) is 3.79. The second-order valence-corrected chi connectivity index (χ2v) is 11.9. The first-order valence-electron chi connectivity index (χ1n) is 14.4. The monoisotopic (exact) mass is 497 g/mol. The number of nitrogens with one attached hydrogen (secondary N) is 1. The number of hydrogen-bond acceptors (Lipinski definition) is 4. The van der Waals surface area contributed by atoms with Gasteiger partial charge < -0.3 is 10.1 Å². The van der Waals surface area contributed by atoms with Gasteiger partial charge in [0.05, 0.1) is 13.2 Å². The van der Waals surface area contributed by atoms with Gasteiger partial charge >= 0.3 is 0 Å². The van der Waals surface area contributed by atoms with Crippen LogP contribution >= 0.6 is 0 Å². The fraction of sp³-hybridized carbons (Fsp3) is 0.531. The fourth-order valence-corrected chi connectivity index (χ4v) is 9.22. The van der Waals surface area contributed by atoms with Gasteiger partial charge in [-0.2, -0.15) is 0 Å². The van der Waals surface area contributed by atoms with Crippen LogP contribution in [0.25, 0.3) is 0 Å². The molecular formula is C32H39N3O2. The van der Waals surface area contributed by atoms with E-state index in [2.05, 4.69) is 58.1 Å². The van der Waals surface area contributed by atoms with Crippen LogP contribution in [0.1, 0.15) is 78.9 Å². The van der Waals surface area contributed by atoms with E-state index >= 15 is 0 Å². The van der Waals surface area contributed by atoms with Crippen LogP contribution in [0.3, 0.4) is 0 Å². The van der Waals surface area contributed by atoms with Crippen molar-refractivity contribution >= 4 is 5.91 Å².